The number of aromatic nitrogens is 1. The average molecular weight is 386 g/mol. The van der Waals surface area contributed by atoms with Crippen LogP contribution < -0.4 is 20.3 Å². The number of methoxy groups -OCH3 is 1. The molecule has 150 valence electrons. The third kappa shape index (κ3) is 4.98. The van der Waals surface area contributed by atoms with Crippen LogP contribution in [0.3, 0.4) is 0 Å². The van der Waals surface area contributed by atoms with E-state index in [9.17, 15) is 9.18 Å². The summed E-state index contributed by atoms with van der Waals surface area (Å²) in [5.74, 6) is 0.0478. The van der Waals surface area contributed by atoms with E-state index >= 15 is 0 Å². The highest BCUT2D eigenvalue weighted by atomic mass is 19.1. The molecule has 1 atom stereocenters. The van der Waals surface area contributed by atoms with Gasteiger partial charge in [0.05, 0.1) is 13.2 Å². The molecule has 6 nitrogen and oxygen atoms in total. The molecular weight excluding hydrogens is 359 g/mol. The summed E-state index contributed by atoms with van der Waals surface area (Å²) in [6.07, 6.45) is 2.59. The van der Waals surface area contributed by atoms with Crippen molar-refractivity contribution in [1.82, 2.24) is 15.6 Å². The number of benzene rings is 1. The normalized spacial score (nSPS) is 16.0. The highest BCUT2D eigenvalue weighted by molar-refractivity contribution is 5.82. The second kappa shape index (κ2) is 9.50. The Labute approximate surface area is 165 Å². The first-order valence-electron chi connectivity index (χ1n) is 9.58. The average Bonchev–Trinajstić information content (AvgIpc) is 3.26. The molecule has 3 rings (SSSR count). The van der Waals surface area contributed by atoms with Crippen molar-refractivity contribution < 1.29 is 13.9 Å². The number of hydrogen-bond donors (Lipinski definition) is 2. The zero-order valence-corrected chi connectivity index (χ0v) is 16.4. The van der Waals surface area contributed by atoms with E-state index < -0.39 is 5.82 Å². The highest BCUT2D eigenvalue weighted by Crippen LogP contribution is 2.24. The Morgan fingerprint density at radius 2 is 2.18 bits per heavy atom. The molecule has 2 N–H and O–H groups in total. The minimum Gasteiger partial charge on any atom is -0.481 e. The lowest BCUT2D eigenvalue weighted by Gasteiger charge is -2.21. The van der Waals surface area contributed by atoms with Crippen LogP contribution in [0.1, 0.15) is 24.0 Å². The van der Waals surface area contributed by atoms with Crippen LogP contribution in [0.4, 0.5) is 10.2 Å². The Kier molecular flexibility index (Phi) is 6.81. The summed E-state index contributed by atoms with van der Waals surface area (Å²) in [6.45, 7) is 1.65. The highest BCUT2D eigenvalue weighted by Gasteiger charge is 2.22. The largest absolute Gasteiger partial charge is 0.481 e. The van der Waals surface area contributed by atoms with E-state index in [2.05, 4.69) is 15.6 Å². The first-order valence-corrected chi connectivity index (χ1v) is 9.58. The molecule has 2 heterocycles. The summed E-state index contributed by atoms with van der Waals surface area (Å²) in [7, 11) is 3.30. The minimum atomic E-state index is -0.431. The van der Waals surface area contributed by atoms with Gasteiger partial charge in [0.1, 0.15) is 0 Å². The van der Waals surface area contributed by atoms with Gasteiger partial charge in [-0.1, -0.05) is 30.3 Å². The number of carbonyl (C=O) groups is 1. The molecule has 1 amide bonds. The number of anilines is 1. The van der Waals surface area contributed by atoms with E-state index in [1.165, 1.54) is 18.7 Å². The number of nitrogens with one attached hydrogen (secondary N) is 2. The van der Waals surface area contributed by atoms with Gasteiger partial charge in [-0.05, 0) is 37.4 Å². The van der Waals surface area contributed by atoms with Crippen LogP contribution in [0.15, 0.2) is 36.4 Å². The van der Waals surface area contributed by atoms with Gasteiger partial charge in [0.25, 0.3) is 0 Å². The number of rotatable bonds is 8. The number of nitrogens with zero attached hydrogens (tertiary/aromatic N) is 2. The van der Waals surface area contributed by atoms with Crippen LogP contribution >= 0.6 is 0 Å². The molecule has 2 aromatic rings. The zero-order chi connectivity index (χ0) is 19.9. The standard InChI is InChI=1S/C21H27FN4O2/c1-26(12-10-15-7-4-3-5-8-15)19-17(22)13-16(21(25-19)28-2)14-24-20(27)18-9-6-11-23-18/h3-5,7-8,13,18,23H,6,9-12,14H2,1-2H3,(H,24,27). The molecule has 0 spiro atoms. The topological polar surface area (TPSA) is 66.5 Å². The summed E-state index contributed by atoms with van der Waals surface area (Å²) in [5.41, 5.74) is 1.70. The molecule has 1 saturated heterocycles. The molecular formula is C21H27FN4O2. The maximum absolute atomic E-state index is 14.7. The molecule has 1 aromatic heterocycles. The van der Waals surface area contributed by atoms with Gasteiger partial charge in [-0.2, -0.15) is 4.98 Å². The first-order chi connectivity index (χ1) is 13.6. The van der Waals surface area contributed by atoms with Gasteiger partial charge in [-0.15, -0.1) is 0 Å². The maximum atomic E-state index is 14.7. The fraction of sp³-hybridized carbons (Fsp3) is 0.429. The van der Waals surface area contributed by atoms with Gasteiger partial charge in [-0.25, -0.2) is 4.39 Å². The fourth-order valence-corrected chi connectivity index (χ4v) is 3.33. The fourth-order valence-electron chi connectivity index (χ4n) is 3.33. The Bertz CT molecular complexity index is 794. The van der Waals surface area contributed by atoms with Crippen molar-refractivity contribution in [3.05, 3.63) is 53.3 Å². The van der Waals surface area contributed by atoms with Gasteiger partial charge in [0.2, 0.25) is 11.8 Å². The lowest BCUT2D eigenvalue weighted by atomic mass is 10.1. The summed E-state index contributed by atoms with van der Waals surface area (Å²) < 4.78 is 20.0. The number of amides is 1. The molecule has 0 saturated carbocycles. The number of hydrogen-bond acceptors (Lipinski definition) is 5. The van der Waals surface area contributed by atoms with Crippen LogP contribution in [0, 0.1) is 5.82 Å². The summed E-state index contributed by atoms with van der Waals surface area (Å²) in [4.78, 5) is 18.3. The lowest BCUT2D eigenvalue weighted by molar-refractivity contribution is -0.122. The molecule has 1 aliphatic heterocycles. The van der Waals surface area contributed by atoms with E-state index in [0.717, 1.165) is 25.8 Å². The van der Waals surface area contributed by atoms with Crippen LogP contribution in [0.2, 0.25) is 0 Å². The van der Waals surface area contributed by atoms with Crippen molar-refractivity contribution >= 4 is 11.7 Å². The molecule has 1 unspecified atom stereocenters. The quantitative estimate of drug-likeness (QED) is 0.729. The number of carbonyl (C=O) groups excluding carboxylic acids is 1. The van der Waals surface area contributed by atoms with Crippen molar-refractivity contribution in [3.63, 3.8) is 0 Å². The third-order valence-corrected chi connectivity index (χ3v) is 4.96. The number of likely N-dealkylation sites (N-methyl/N-ethyl adjacent to an activating group) is 1. The number of pyridine rings is 1. The smallest absolute Gasteiger partial charge is 0.237 e. The van der Waals surface area contributed by atoms with Gasteiger partial charge in [-0.3, -0.25) is 4.79 Å². The van der Waals surface area contributed by atoms with Crippen molar-refractivity contribution in [2.24, 2.45) is 0 Å². The van der Waals surface area contributed by atoms with E-state index in [0.29, 0.717) is 18.0 Å². The van der Waals surface area contributed by atoms with Crippen LogP contribution in [0.5, 0.6) is 5.88 Å². The summed E-state index contributed by atoms with van der Waals surface area (Å²) >= 11 is 0. The van der Waals surface area contributed by atoms with Gasteiger partial charge in [0, 0.05) is 25.7 Å². The van der Waals surface area contributed by atoms with E-state index in [4.69, 9.17) is 4.74 Å². The first kappa shape index (κ1) is 20.1. The SMILES string of the molecule is COc1nc(N(C)CCc2ccccc2)c(F)cc1CNC(=O)C1CCCN1. The summed E-state index contributed by atoms with van der Waals surface area (Å²) in [5, 5.41) is 5.98. The number of ether oxygens (including phenoxy) is 1. The lowest BCUT2D eigenvalue weighted by Crippen LogP contribution is -2.40. The Morgan fingerprint density at radius 3 is 2.86 bits per heavy atom. The van der Waals surface area contributed by atoms with Crippen LogP contribution in [0.25, 0.3) is 0 Å². The van der Waals surface area contributed by atoms with Gasteiger partial charge >= 0.3 is 0 Å². The van der Waals surface area contributed by atoms with Crippen molar-refractivity contribution in [3.8, 4) is 5.88 Å². The van der Waals surface area contributed by atoms with Crippen LogP contribution in [-0.4, -0.2) is 44.2 Å². The predicted molar refractivity (Wildman–Crippen MR) is 107 cm³/mol. The minimum absolute atomic E-state index is 0.0796. The van der Waals surface area contributed by atoms with Crippen molar-refractivity contribution in [2.75, 3.05) is 32.1 Å². The molecule has 0 radical (unpaired) electrons. The van der Waals surface area contributed by atoms with E-state index in [1.54, 1.807) is 11.9 Å². The van der Waals surface area contributed by atoms with E-state index in [-0.39, 0.29) is 24.3 Å². The zero-order valence-electron chi connectivity index (χ0n) is 16.4. The van der Waals surface area contributed by atoms with Crippen molar-refractivity contribution in [2.45, 2.75) is 31.8 Å². The second-order valence-electron chi connectivity index (χ2n) is 6.99. The molecule has 0 bridgehead atoms. The molecule has 1 aromatic carbocycles. The molecule has 1 aliphatic rings. The second-order valence-corrected chi connectivity index (χ2v) is 6.99. The predicted octanol–water partition coefficient (Wildman–Crippen LogP) is 2.28. The summed E-state index contributed by atoms with van der Waals surface area (Å²) in [6, 6.07) is 11.3. The Balaban J connectivity index is 1.65. The Morgan fingerprint density at radius 1 is 1.39 bits per heavy atom. The van der Waals surface area contributed by atoms with Crippen LogP contribution in [-0.2, 0) is 17.8 Å². The third-order valence-electron chi connectivity index (χ3n) is 4.96. The van der Waals surface area contributed by atoms with Crippen molar-refractivity contribution in [1.29, 1.82) is 0 Å². The monoisotopic (exact) mass is 386 g/mol. The van der Waals surface area contributed by atoms with E-state index in [1.807, 2.05) is 30.3 Å². The Hall–Kier alpha value is -2.67. The maximum Gasteiger partial charge on any atom is 0.237 e. The molecule has 28 heavy (non-hydrogen) atoms. The molecule has 0 aliphatic carbocycles. The molecule has 7 heteroatoms. The van der Waals surface area contributed by atoms with Gasteiger partial charge in [0.15, 0.2) is 11.6 Å². The van der Waals surface area contributed by atoms with Gasteiger partial charge < -0.3 is 20.3 Å². The number of halogens is 1. The molecule has 1 fully saturated rings.